The van der Waals surface area contributed by atoms with Gasteiger partial charge in [0.2, 0.25) is 0 Å². The van der Waals surface area contributed by atoms with Gasteiger partial charge in [-0.05, 0) is 30.5 Å². The molecule has 17 heavy (non-hydrogen) atoms. The lowest BCUT2D eigenvalue weighted by Crippen LogP contribution is -2.12. The largest absolute Gasteiger partial charge is 0.364 e. The molecule has 0 fully saturated rings. The van der Waals surface area contributed by atoms with Crippen LogP contribution in [0.1, 0.15) is 22.5 Å². The summed E-state index contributed by atoms with van der Waals surface area (Å²) in [5, 5.41) is 4.22. The van der Waals surface area contributed by atoms with Gasteiger partial charge in [-0.3, -0.25) is 14.5 Å². The molecule has 5 nitrogen and oxygen atoms in total. The lowest BCUT2D eigenvalue weighted by atomic mass is 10.0. The standard InChI is InChI=1S/C12H12N4O/c13-12(17)10-6-11-9-7-14-4-3-8(9)2-1-5-16(11)15-10/h3-4,6-7H,1-2,5H2,(H2,13,17). The minimum Gasteiger partial charge on any atom is -0.364 e. The second-order valence-corrected chi connectivity index (χ2v) is 4.14. The normalized spacial score (nSPS) is 13.6. The van der Waals surface area contributed by atoms with Gasteiger partial charge < -0.3 is 5.73 Å². The highest BCUT2D eigenvalue weighted by atomic mass is 16.1. The summed E-state index contributed by atoms with van der Waals surface area (Å²) in [6.45, 7) is 0.803. The molecule has 5 heteroatoms. The quantitative estimate of drug-likeness (QED) is 0.791. The fourth-order valence-electron chi connectivity index (χ4n) is 2.22. The number of fused-ring (bicyclic) bond motifs is 3. The smallest absolute Gasteiger partial charge is 0.269 e. The first-order chi connectivity index (χ1) is 8.25. The number of carbonyl (C=O) groups excluding carboxylic acids is 1. The Hall–Kier alpha value is -2.17. The van der Waals surface area contributed by atoms with Crippen molar-refractivity contribution in [2.45, 2.75) is 19.4 Å². The van der Waals surface area contributed by atoms with Crippen LogP contribution in [0.3, 0.4) is 0 Å². The van der Waals surface area contributed by atoms with Crippen molar-refractivity contribution in [2.24, 2.45) is 5.73 Å². The SMILES string of the molecule is NC(=O)c1cc2n(n1)CCCc1ccncc1-2. The van der Waals surface area contributed by atoms with Crippen molar-refractivity contribution in [3.63, 3.8) is 0 Å². The molecule has 0 aliphatic carbocycles. The van der Waals surface area contributed by atoms with E-state index in [2.05, 4.69) is 10.1 Å². The van der Waals surface area contributed by atoms with Crippen molar-refractivity contribution in [2.75, 3.05) is 0 Å². The number of hydrogen-bond donors (Lipinski definition) is 1. The molecule has 0 atom stereocenters. The zero-order valence-corrected chi connectivity index (χ0v) is 9.26. The van der Waals surface area contributed by atoms with E-state index in [-0.39, 0.29) is 0 Å². The van der Waals surface area contributed by atoms with Gasteiger partial charge in [-0.2, -0.15) is 5.10 Å². The Morgan fingerprint density at radius 1 is 1.47 bits per heavy atom. The molecule has 0 aromatic carbocycles. The molecule has 2 N–H and O–H groups in total. The second kappa shape index (κ2) is 3.69. The van der Waals surface area contributed by atoms with Gasteiger partial charge in [0.1, 0.15) is 0 Å². The second-order valence-electron chi connectivity index (χ2n) is 4.14. The average Bonchev–Trinajstić information content (AvgIpc) is 2.67. The molecular formula is C12H12N4O. The van der Waals surface area contributed by atoms with Crippen LogP contribution >= 0.6 is 0 Å². The molecule has 86 valence electrons. The van der Waals surface area contributed by atoms with Crippen molar-refractivity contribution >= 4 is 5.91 Å². The number of nitrogens with zero attached hydrogens (tertiary/aromatic N) is 3. The lowest BCUT2D eigenvalue weighted by molar-refractivity contribution is 0.0994. The number of hydrogen-bond acceptors (Lipinski definition) is 3. The Morgan fingerprint density at radius 3 is 3.18 bits per heavy atom. The number of rotatable bonds is 1. The van der Waals surface area contributed by atoms with Crippen LogP contribution in [-0.2, 0) is 13.0 Å². The van der Waals surface area contributed by atoms with Crippen LogP contribution in [0.4, 0.5) is 0 Å². The molecule has 0 bridgehead atoms. The highest BCUT2D eigenvalue weighted by Gasteiger charge is 2.18. The van der Waals surface area contributed by atoms with Crippen LogP contribution in [0.15, 0.2) is 24.5 Å². The van der Waals surface area contributed by atoms with Crippen LogP contribution in [0.5, 0.6) is 0 Å². The number of amides is 1. The minimum atomic E-state index is -0.490. The molecule has 0 saturated heterocycles. The predicted octanol–water partition coefficient (Wildman–Crippen LogP) is 0.990. The van der Waals surface area contributed by atoms with E-state index in [0.29, 0.717) is 5.69 Å². The third kappa shape index (κ3) is 1.60. The number of nitrogens with two attached hydrogens (primary N) is 1. The first-order valence-electron chi connectivity index (χ1n) is 5.56. The van der Waals surface area contributed by atoms with Gasteiger partial charge in [-0.1, -0.05) is 0 Å². The molecule has 0 unspecified atom stereocenters. The molecule has 0 spiro atoms. The summed E-state index contributed by atoms with van der Waals surface area (Å²) >= 11 is 0. The maximum Gasteiger partial charge on any atom is 0.269 e. The predicted molar refractivity (Wildman–Crippen MR) is 62.3 cm³/mol. The molecule has 0 saturated carbocycles. The summed E-state index contributed by atoms with van der Waals surface area (Å²) in [5.74, 6) is -0.490. The molecule has 1 amide bonds. The molecule has 3 heterocycles. The van der Waals surface area contributed by atoms with E-state index in [9.17, 15) is 4.79 Å². The highest BCUT2D eigenvalue weighted by Crippen LogP contribution is 2.27. The van der Waals surface area contributed by atoms with Crippen molar-refractivity contribution in [3.05, 3.63) is 35.8 Å². The van der Waals surface area contributed by atoms with Gasteiger partial charge in [0.25, 0.3) is 5.91 Å². The minimum absolute atomic E-state index is 0.316. The maximum atomic E-state index is 11.1. The van der Waals surface area contributed by atoms with Crippen LogP contribution in [-0.4, -0.2) is 20.7 Å². The molecule has 1 aliphatic heterocycles. The topological polar surface area (TPSA) is 73.8 Å². The monoisotopic (exact) mass is 228 g/mol. The molecule has 2 aromatic heterocycles. The Morgan fingerprint density at radius 2 is 2.35 bits per heavy atom. The van der Waals surface area contributed by atoms with Gasteiger partial charge in [0.15, 0.2) is 5.69 Å². The number of aromatic nitrogens is 3. The number of primary amides is 1. The number of aryl methyl sites for hydroxylation is 2. The van der Waals surface area contributed by atoms with Crippen molar-refractivity contribution in [1.82, 2.24) is 14.8 Å². The Bertz CT molecular complexity index is 588. The van der Waals surface area contributed by atoms with Crippen molar-refractivity contribution in [1.29, 1.82) is 0 Å². The van der Waals surface area contributed by atoms with E-state index in [1.807, 2.05) is 16.9 Å². The molecule has 3 rings (SSSR count). The Labute approximate surface area is 98.3 Å². The van der Waals surface area contributed by atoms with Crippen LogP contribution in [0.25, 0.3) is 11.3 Å². The van der Waals surface area contributed by atoms with E-state index in [4.69, 9.17) is 5.73 Å². The van der Waals surface area contributed by atoms with E-state index in [0.717, 1.165) is 30.6 Å². The fourth-order valence-corrected chi connectivity index (χ4v) is 2.22. The van der Waals surface area contributed by atoms with E-state index < -0.39 is 5.91 Å². The third-order valence-corrected chi connectivity index (χ3v) is 3.04. The number of carbonyl (C=O) groups is 1. The summed E-state index contributed by atoms with van der Waals surface area (Å²) in [6.07, 6.45) is 5.62. The summed E-state index contributed by atoms with van der Waals surface area (Å²) in [4.78, 5) is 15.3. The lowest BCUT2D eigenvalue weighted by Gasteiger charge is -2.03. The molecule has 0 radical (unpaired) electrons. The third-order valence-electron chi connectivity index (χ3n) is 3.04. The zero-order chi connectivity index (χ0) is 11.8. The highest BCUT2D eigenvalue weighted by molar-refractivity contribution is 5.92. The maximum absolute atomic E-state index is 11.1. The van der Waals surface area contributed by atoms with Crippen LogP contribution in [0.2, 0.25) is 0 Å². The van der Waals surface area contributed by atoms with Crippen molar-refractivity contribution < 1.29 is 4.79 Å². The number of pyridine rings is 1. The van der Waals surface area contributed by atoms with Gasteiger partial charge in [-0.25, -0.2) is 0 Å². The summed E-state index contributed by atoms with van der Waals surface area (Å²) in [6, 6.07) is 3.76. The molecular weight excluding hydrogens is 216 g/mol. The average molecular weight is 228 g/mol. The molecule has 2 aromatic rings. The van der Waals surface area contributed by atoms with Crippen LogP contribution in [0, 0.1) is 0 Å². The van der Waals surface area contributed by atoms with Gasteiger partial charge in [0.05, 0.1) is 5.69 Å². The van der Waals surface area contributed by atoms with Crippen molar-refractivity contribution in [3.8, 4) is 11.3 Å². The van der Waals surface area contributed by atoms with E-state index >= 15 is 0 Å². The fraction of sp³-hybridized carbons (Fsp3) is 0.250. The van der Waals surface area contributed by atoms with Gasteiger partial charge >= 0.3 is 0 Å². The van der Waals surface area contributed by atoms with Gasteiger partial charge in [0, 0.05) is 24.5 Å². The summed E-state index contributed by atoms with van der Waals surface area (Å²) < 4.78 is 1.84. The molecule has 1 aliphatic rings. The Kier molecular flexibility index (Phi) is 2.18. The first-order valence-corrected chi connectivity index (χ1v) is 5.56. The van der Waals surface area contributed by atoms with E-state index in [1.165, 1.54) is 5.56 Å². The summed E-state index contributed by atoms with van der Waals surface area (Å²) in [7, 11) is 0. The van der Waals surface area contributed by atoms with Gasteiger partial charge in [-0.15, -0.1) is 0 Å². The summed E-state index contributed by atoms with van der Waals surface area (Å²) in [5.41, 5.74) is 8.79. The van der Waals surface area contributed by atoms with Crippen LogP contribution < -0.4 is 5.73 Å². The zero-order valence-electron chi connectivity index (χ0n) is 9.26. The Balaban J connectivity index is 2.21. The van der Waals surface area contributed by atoms with E-state index in [1.54, 1.807) is 12.3 Å². The first kappa shape index (κ1) is 10.0.